The highest BCUT2D eigenvalue weighted by Gasteiger charge is 2.04. The van der Waals surface area contributed by atoms with Gasteiger partial charge in [0.25, 0.3) is 0 Å². The molecule has 14 heavy (non-hydrogen) atoms. The van der Waals surface area contributed by atoms with Crippen molar-refractivity contribution in [3.05, 3.63) is 47.3 Å². The van der Waals surface area contributed by atoms with Crippen molar-refractivity contribution >= 4 is 0 Å². The molecule has 0 aliphatic heterocycles. The third kappa shape index (κ3) is 1.43. The Kier molecular flexibility index (Phi) is 2.12. The molecule has 0 fully saturated rings. The Balaban J connectivity index is 2.60. The van der Waals surface area contributed by atoms with Crippen molar-refractivity contribution in [1.29, 1.82) is 0 Å². The number of hydrogen-bond donors (Lipinski definition) is 0. The fourth-order valence-corrected chi connectivity index (χ4v) is 1.60. The minimum atomic E-state index is 1.05. The second-order valence-corrected chi connectivity index (χ2v) is 3.55. The minimum absolute atomic E-state index is 1.05. The second-order valence-electron chi connectivity index (χ2n) is 3.55. The molecule has 0 saturated heterocycles. The third-order valence-electron chi connectivity index (χ3n) is 2.29. The van der Waals surface area contributed by atoms with Crippen LogP contribution in [-0.4, -0.2) is 9.78 Å². The van der Waals surface area contributed by atoms with E-state index in [2.05, 4.69) is 31.1 Å². The van der Waals surface area contributed by atoms with Crippen LogP contribution in [0.2, 0.25) is 0 Å². The van der Waals surface area contributed by atoms with E-state index in [1.807, 2.05) is 29.8 Å². The fourth-order valence-electron chi connectivity index (χ4n) is 1.60. The molecular weight excluding hydrogens is 172 g/mol. The predicted octanol–water partition coefficient (Wildman–Crippen LogP) is 2.60. The van der Waals surface area contributed by atoms with E-state index in [0.29, 0.717) is 0 Å². The van der Waals surface area contributed by atoms with Crippen LogP contribution in [0, 0.1) is 26.8 Å². The average Bonchev–Trinajstić information content (AvgIpc) is 2.46. The van der Waals surface area contributed by atoms with Crippen LogP contribution in [0.25, 0.3) is 5.69 Å². The third-order valence-corrected chi connectivity index (χ3v) is 2.29. The minimum Gasteiger partial charge on any atom is -0.238 e. The van der Waals surface area contributed by atoms with E-state index in [9.17, 15) is 0 Å². The van der Waals surface area contributed by atoms with Crippen LogP contribution in [0.3, 0.4) is 0 Å². The highest BCUT2D eigenvalue weighted by molar-refractivity contribution is 5.40. The molecule has 1 heterocycles. The summed E-state index contributed by atoms with van der Waals surface area (Å²) in [5, 5.41) is 4.44. The van der Waals surface area contributed by atoms with Gasteiger partial charge in [0.15, 0.2) is 0 Å². The van der Waals surface area contributed by atoms with E-state index in [0.717, 1.165) is 17.1 Å². The molecule has 0 saturated carbocycles. The van der Waals surface area contributed by atoms with Crippen molar-refractivity contribution in [2.24, 2.45) is 0 Å². The normalized spacial score (nSPS) is 10.5. The molecule has 0 atom stereocenters. The van der Waals surface area contributed by atoms with Crippen LogP contribution < -0.4 is 0 Å². The molecule has 0 bridgehead atoms. The molecule has 0 N–H and O–H groups in total. The average molecular weight is 185 g/mol. The van der Waals surface area contributed by atoms with Gasteiger partial charge in [-0.05, 0) is 44.5 Å². The number of aromatic nitrogens is 2. The Bertz CT molecular complexity index is 455. The molecule has 1 radical (unpaired) electrons. The molecule has 1 aromatic carbocycles. The lowest BCUT2D eigenvalue weighted by Gasteiger charge is -2.06. The quantitative estimate of drug-likeness (QED) is 0.667. The maximum Gasteiger partial charge on any atom is 0.0684 e. The molecule has 2 heteroatoms. The van der Waals surface area contributed by atoms with Crippen LogP contribution in [0.15, 0.2) is 24.3 Å². The summed E-state index contributed by atoms with van der Waals surface area (Å²) in [6.45, 7) is 6.15. The summed E-state index contributed by atoms with van der Waals surface area (Å²) in [5.41, 5.74) is 4.53. The summed E-state index contributed by atoms with van der Waals surface area (Å²) in [6, 6.07) is 11.1. The summed E-state index contributed by atoms with van der Waals surface area (Å²) >= 11 is 0. The molecule has 1 aromatic heterocycles. The lowest BCUT2D eigenvalue weighted by atomic mass is 10.2. The zero-order chi connectivity index (χ0) is 10.1. The zero-order valence-corrected chi connectivity index (χ0v) is 8.70. The Morgan fingerprint density at radius 2 is 2.07 bits per heavy atom. The molecule has 0 unspecified atom stereocenters. The highest BCUT2D eigenvalue weighted by Crippen LogP contribution is 2.15. The monoisotopic (exact) mass is 185 g/mol. The Labute approximate surface area is 84.2 Å². The van der Waals surface area contributed by atoms with Gasteiger partial charge in [-0.3, -0.25) is 0 Å². The SMILES string of the molecule is Cc1cc(C)n(-c2c[c]ccc2C)n1. The molecule has 0 aliphatic rings. The van der Waals surface area contributed by atoms with Gasteiger partial charge in [-0.25, -0.2) is 4.68 Å². The van der Waals surface area contributed by atoms with E-state index < -0.39 is 0 Å². The number of nitrogens with zero attached hydrogens (tertiary/aromatic N) is 2. The number of benzene rings is 1. The van der Waals surface area contributed by atoms with Gasteiger partial charge in [-0.1, -0.05) is 12.1 Å². The molecule has 0 amide bonds. The van der Waals surface area contributed by atoms with Crippen molar-refractivity contribution in [2.45, 2.75) is 20.8 Å². The zero-order valence-electron chi connectivity index (χ0n) is 8.70. The van der Waals surface area contributed by atoms with Crippen molar-refractivity contribution in [3.8, 4) is 5.69 Å². The highest BCUT2D eigenvalue weighted by atomic mass is 15.3. The number of hydrogen-bond acceptors (Lipinski definition) is 1. The first-order chi connectivity index (χ1) is 6.68. The molecule has 2 aromatic rings. The summed E-state index contributed by atoms with van der Waals surface area (Å²) in [7, 11) is 0. The van der Waals surface area contributed by atoms with E-state index in [1.54, 1.807) is 0 Å². The van der Waals surface area contributed by atoms with Crippen LogP contribution in [0.1, 0.15) is 17.0 Å². The van der Waals surface area contributed by atoms with E-state index in [-0.39, 0.29) is 0 Å². The maximum atomic E-state index is 4.44. The Morgan fingerprint density at radius 3 is 2.64 bits per heavy atom. The number of aryl methyl sites for hydroxylation is 3. The van der Waals surface area contributed by atoms with Crippen molar-refractivity contribution in [2.75, 3.05) is 0 Å². The predicted molar refractivity (Wildman–Crippen MR) is 56.6 cm³/mol. The van der Waals surface area contributed by atoms with Gasteiger partial charge in [-0.15, -0.1) is 0 Å². The standard InChI is InChI=1S/C12H13N2/c1-9-6-4-5-7-12(9)14-11(3)8-10(2)13-14/h4,6-8H,1-3H3. The second kappa shape index (κ2) is 3.29. The molecule has 2 nitrogen and oxygen atoms in total. The van der Waals surface area contributed by atoms with Crippen LogP contribution in [-0.2, 0) is 0 Å². The van der Waals surface area contributed by atoms with Gasteiger partial charge in [0.2, 0.25) is 0 Å². The van der Waals surface area contributed by atoms with E-state index in [4.69, 9.17) is 0 Å². The van der Waals surface area contributed by atoms with Gasteiger partial charge < -0.3 is 0 Å². The van der Waals surface area contributed by atoms with Crippen molar-refractivity contribution in [3.63, 3.8) is 0 Å². The smallest absolute Gasteiger partial charge is 0.0684 e. The van der Waals surface area contributed by atoms with Gasteiger partial charge in [-0.2, -0.15) is 5.10 Å². The van der Waals surface area contributed by atoms with Crippen LogP contribution in [0.4, 0.5) is 0 Å². The van der Waals surface area contributed by atoms with Crippen LogP contribution >= 0.6 is 0 Å². The first-order valence-electron chi connectivity index (χ1n) is 4.69. The van der Waals surface area contributed by atoms with Gasteiger partial charge in [0.1, 0.15) is 0 Å². The van der Waals surface area contributed by atoms with E-state index >= 15 is 0 Å². The van der Waals surface area contributed by atoms with Gasteiger partial charge in [0.05, 0.1) is 11.4 Å². The summed E-state index contributed by atoms with van der Waals surface area (Å²) in [5.74, 6) is 0. The lowest BCUT2D eigenvalue weighted by Crippen LogP contribution is -2.00. The van der Waals surface area contributed by atoms with E-state index in [1.165, 1.54) is 5.56 Å². The first-order valence-corrected chi connectivity index (χ1v) is 4.69. The van der Waals surface area contributed by atoms with Gasteiger partial charge >= 0.3 is 0 Å². The van der Waals surface area contributed by atoms with Crippen molar-refractivity contribution in [1.82, 2.24) is 9.78 Å². The largest absolute Gasteiger partial charge is 0.238 e. The topological polar surface area (TPSA) is 17.8 Å². The maximum absolute atomic E-state index is 4.44. The molecular formula is C12H13N2. The summed E-state index contributed by atoms with van der Waals surface area (Å²) in [4.78, 5) is 0. The number of rotatable bonds is 1. The Morgan fingerprint density at radius 1 is 1.29 bits per heavy atom. The lowest BCUT2D eigenvalue weighted by molar-refractivity contribution is 0.827. The molecule has 2 rings (SSSR count). The summed E-state index contributed by atoms with van der Waals surface area (Å²) < 4.78 is 1.96. The Hall–Kier alpha value is -1.57. The van der Waals surface area contributed by atoms with Gasteiger partial charge in [0, 0.05) is 5.69 Å². The molecule has 0 aliphatic carbocycles. The van der Waals surface area contributed by atoms with Crippen LogP contribution in [0.5, 0.6) is 0 Å². The summed E-state index contributed by atoms with van der Waals surface area (Å²) in [6.07, 6.45) is 0. The first kappa shape index (κ1) is 9.00. The molecule has 0 spiro atoms. The molecule has 71 valence electrons. The fraction of sp³-hybridized carbons (Fsp3) is 0.250. The van der Waals surface area contributed by atoms with Crippen molar-refractivity contribution < 1.29 is 0 Å².